The molecular weight excluding hydrogens is 458 g/mol. The van der Waals surface area contributed by atoms with Crippen molar-refractivity contribution < 1.29 is 22.7 Å². The molecule has 4 rings (SSSR count). The molecule has 8 heteroatoms. The molecule has 1 aliphatic heterocycles. The molecule has 0 radical (unpaired) electrons. The molecule has 0 amide bonds. The normalized spacial score (nSPS) is 15.3. The van der Waals surface area contributed by atoms with Crippen LogP contribution in [0.25, 0.3) is 10.8 Å². The maximum absolute atomic E-state index is 12.8. The Balaban J connectivity index is 1.56. The van der Waals surface area contributed by atoms with Gasteiger partial charge in [-0.25, -0.2) is 13.2 Å². The first kappa shape index (κ1) is 20.0. The fourth-order valence-electron chi connectivity index (χ4n) is 3.14. The lowest BCUT2D eigenvalue weighted by atomic mass is 10.1. The van der Waals surface area contributed by atoms with E-state index in [4.69, 9.17) is 9.47 Å². The lowest BCUT2D eigenvalue weighted by Gasteiger charge is -2.26. The van der Waals surface area contributed by atoms with Gasteiger partial charge in [0.2, 0.25) is 10.0 Å². The minimum atomic E-state index is -3.68. The number of ether oxygens (including phenoxy) is 2. The maximum atomic E-state index is 12.8. The number of morpholine rings is 1. The van der Waals surface area contributed by atoms with Crippen LogP contribution in [0.5, 0.6) is 5.75 Å². The summed E-state index contributed by atoms with van der Waals surface area (Å²) in [7, 11) is -3.68. The lowest BCUT2D eigenvalue weighted by molar-refractivity contribution is 0.0727. The molecule has 1 aliphatic rings. The summed E-state index contributed by atoms with van der Waals surface area (Å²) in [5.74, 6) is -0.216. The van der Waals surface area contributed by atoms with Crippen molar-refractivity contribution in [2.75, 3.05) is 26.3 Å². The number of esters is 1. The van der Waals surface area contributed by atoms with E-state index in [0.29, 0.717) is 32.1 Å². The van der Waals surface area contributed by atoms with Gasteiger partial charge >= 0.3 is 5.97 Å². The van der Waals surface area contributed by atoms with E-state index in [9.17, 15) is 13.2 Å². The molecule has 0 spiro atoms. The third kappa shape index (κ3) is 4.35. The van der Waals surface area contributed by atoms with Gasteiger partial charge < -0.3 is 9.47 Å². The van der Waals surface area contributed by atoms with E-state index >= 15 is 0 Å². The molecule has 1 fully saturated rings. The molecule has 0 N–H and O–H groups in total. The van der Waals surface area contributed by atoms with Crippen molar-refractivity contribution >= 4 is 42.7 Å². The molecule has 0 aromatic heterocycles. The topological polar surface area (TPSA) is 72.9 Å². The van der Waals surface area contributed by atoms with Crippen molar-refractivity contribution in [2.45, 2.75) is 4.90 Å². The monoisotopic (exact) mass is 475 g/mol. The Labute approximate surface area is 177 Å². The van der Waals surface area contributed by atoms with Gasteiger partial charge in [0.1, 0.15) is 5.75 Å². The maximum Gasteiger partial charge on any atom is 0.343 e. The molecule has 0 atom stereocenters. The van der Waals surface area contributed by atoms with E-state index < -0.39 is 16.0 Å². The Bertz CT molecular complexity index is 1170. The van der Waals surface area contributed by atoms with Gasteiger partial charge in [-0.2, -0.15) is 4.31 Å². The average molecular weight is 476 g/mol. The molecule has 29 heavy (non-hydrogen) atoms. The minimum Gasteiger partial charge on any atom is -0.423 e. The van der Waals surface area contributed by atoms with Crippen LogP contribution >= 0.6 is 15.9 Å². The summed E-state index contributed by atoms with van der Waals surface area (Å²) in [6, 6.07) is 17.1. The van der Waals surface area contributed by atoms with Crippen LogP contribution < -0.4 is 4.74 Å². The average Bonchev–Trinajstić information content (AvgIpc) is 2.74. The Morgan fingerprint density at radius 3 is 2.48 bits per heavy atom. The standard InChI is InChI=1S/C21H18BrNO5S/c22-18-6-4-16-13-19(7-5-15(16)12-18)28-21(24)17-2-1-3-20(14-17)29(25,26)23-8-10-27-11-9-23/h1-7,12-14H,8-11H2. The highest BCUT2D eigenvalue weighted by molar-refractivity contribution is 9.10. The Morgan fingerprint density at radius 2 is 1.69 bits per heavy atom. The Morgan fingerprint density at radius 1 is 0.966 bits per heavy atom. The molecule has 0 aliphatic carbocycles. The summed E-state index contributed by atoms with van der Waals surface area (Å²) in [6.07, 6.45) is 0. The van der Waals surface area contributed by atoms with Crippen LogP contribution in [0.1, 0.15) is 10.4 Å². The molecule has 1 heterocycles. The number of hydrogen-bond donors (Lipinski definition) is 0. The predicted octanol–water partition coefficient (Wildman–Crippen LogP) is 3.84. The second-order valence-corrected chi connectivity index (χ2v) is 9.44. The molecule has 3 aromatic rings. The fraction of sp³-hybridized carbons (Fsp3) is 0.190. The third-order valence-electron chi connectivity index (χ3n) is 4.66. The third-order valence-corrected chi connectivity index (χ3v) is 7.05. The number of carbonyl (C=O) groups is 1. The first-order chi connectivity index (χ1) is 13.9. The number of nitrogens with zero attached hydrogens (tertiary/aromatic N) is 1. The van der Waals surface area contributed by atoms with Gasteiger partial charge in [-0.15, -0.1) is 0 Å². The van der Waals surface area contributed by atoms with Crippen LogP contribution in [0, 0.1) is 0 Å². The highest BCUT2D eigenvalue weighted by Crippen LogP contribution is 2.25. The molecule has 150 valence electrons. The van der Waals surface area contributed by atoms with Gasteiger partial charge in [0.25, 0.3) is 0 Å². The smallest absolute Gasteiger partial charge is 0.343 e. The second-order valence-electron chi connectivity index (χ2n) is 6.59. The van der Waals surface area contributed by atoms with Gasteiger partial charge in [-0.1, -0.05) is 34.1 Å². The zero-order valence-electron chi connectivity index (χ0n) is 15.4. The number of carbonyl (C=O) groups excluding carboxylic acids is 1. The number of halogens is 1. The number of fused-ring (bicyclic) bond motifs is 1. The molecule has 6 nitrogen and oxygen atoms in total. The lowest BCUT2D eigenvalue weighted by Crippen LogP contribution is -2.40. The van der Waals surface area contributed by atoms with Crippen LogP contribution in [0.15, 0.2) is 70.0 Å². The van der Waals surface area contributed by atoms with Crippen LogP contribution in [-0.2, 0) is 14.8 Å². The van der Waals surface area contributed by atoms with Crippen molar-refractivity contribution in [3.05, 3.63) is 70.7 Å². The number of benzene rings is 3. The highest BCUT2D eigenvalue weighted by atomic mass is 79.9. The van der Waals surface area contributed by atoms with Crippen LogP contribution in [0.3, 0.4) is 0 Å². The molecular formula is C21H18BrNO5S. The quantitative estimate of drug-likeness (QED) is 0.423. The Hall–Kier alpha value is -2.26. The van der Waals surface area contributed by atoms with Gasteiger partial charge in [-0.05, 0) is 53.2 Å². The van der Waals surface area contributed by atoms with Crippen molar-refractivity contribution in [1.29, 1.82) is 0 Å². The van der Waals surface area contributed by atoms with E-state index in [1.165, 1.54) is 16.4 Å². The Kier molecular flexibility index (Phi) is 5.69. The van der Waals surface area contributed by atoms with Gasteiger partial charge in [0, 0.05) is 17.6 Å². The number of hydrogen-bond acceptors (Lipinski definition) is 5. The molecule has 3 aromatic carbocycles. The fourth-order valence-corrected chi connectivity index (χ4v) is 4.98. The molecule has 0 saturated carbocycles. The van der Waals surface area contributed by atoms with E-state index in [2.05, 4.69) is 15.9 Å². The van der Waals surface area contributed by atoms with E-state index in [0.717, 1.165) is 15.2 Å². The minimum absolute atomic E-state index is 0.0669. The number of sulfonamides is 1. The van der Waals surface area contributed by atoms with E-state index in [1.807, 2.05) is 24.3 Å². The zero-order valence-corrected chi connectivity index (χ0v) is 17.8. The van der Waals surface area contributed by atoms with Gasteiger partial charge in [-0.3, -0.25) is 0 Å². The molecule has 0 bridgehead atoms. The summed E-state index contributed by atoms with van der Waals surface area (Å²) in [5, 5.41) is 1.94. The van der Waals surface area contributed by atoms with E-state index in [1.54, 1.807) is 24.3 Å². The zero-order chi connectivity index (χ0) is 20.4. The largest absolute Gasteiger partial charge is 0.423 e. The van der Waals surface area contributed by atoms with Gasteiger partial charge in [0.05, 0.1) is 23.7 Å². The molecule has 1 saturated heterocycles. The van der Waals surface area contributed by atoms with Crippen molar-refractivity contribution in [1.82, 2.24) is 4.31 Å². The van der Waals surface area contributed by atoms with Crippen molar-refractivity contribution in [3.8, 4) is 5.75 Å². The summed E-state index contributed by atoms with van der Waals surface area (Å²) in [6.45, 7) is 1.31. The SMILES string of the molecule is O=C(Oc1ccc2cc(Br)ccc2c1)c1cccc(S(=O)(=O)N2CCOCC2)c1. The molecule has 0 unspecified atom stereocenters. The van der Waals surface area contributed by atoms with Crippen LogP contribution in [0.2, 0.25) is 0 Å². The summed E-state index contributed by atoms with van der Waals surface area (Å²) in [5.41, 5.74) is 0.176. The van der Waals surface area contributed by atoms with Crippen molar-refractivity contribution in [3.63, 3.8) is 0 Å². The number of rotatable bonds is 4. The van der Waals surface area contributed by atoms with Crippen LogP contribution in [-0.4, -0.2) is 45.0 Å². The first-order valence-electron chi connectivity index (χ1n) is 9.03. The van der Waals surface area contributed by atoms with Gasteiger partial charge in [0.15, 0.2) is 0 Å². The highest BCUT2D eigenvalue weighted by Gasteiger charge is 2.27. The van der Waals surface area contributed by atoms with Crippen molar-refractivity contribution in [2.24, 2.45) is 0 Å². The summed E-state index contributed by atoms with van der Waals surface area (Å²) < 4.78 is 38.6. The van der Waals surface area contributed by atoms with E-state index in [-0.39, 0.29) is 10.5 Å². The predicted molar refractivity (Wildman–Crippen MR) is 113 cm³/mol. The second kappa shape index (κ2) is 8.23. The van der Waals surface area contributed by atoms with Crippen LogP contribution in [0.4, 0.5) is 0 Å². The summed E-state index contributed by atoms with van der Waals surface area (Å²) >= 11 is 3.43. The summed E-state index contributed by atoms with van der Waals surface area (Å²) in [4.78, 5) is 12.7. The first-order valence-corrected chi connectivity index (χ1v) is 11.3.